The quantitative estimate of drug-likeness (QED) is 0.0491. The van der Waals surface area contributed by atoms with Gasteiger partial charge in [0, 0.05) is 29.3 Å². The summed E-state index contributed by atoms with van der Waals surface area (Å²) in [6.07, 6.45) is 13.4. The zero-order valence-corrected chi connectivity index (χ0v) is 28.2. The van der Waals surface area contributed by atoms with Gasteiger partial charge in [-0.25, -0.2) is 4.79 Å². The molecule has 0 bridgehead atoms. The van der Waals surface area contributed by atoms with Crippen LogP contribution in [0.3, 0.4) is 0 Å². The van der Waals surface area contributed by atoms with E-state index in [4.69, 9.17) is 15.9 Å². The second kappa shape index (κ2) is 31.3. The number of carbonyl (C=O) groups is 3. The van der Waals surface area contributed by atoms with Gasteiger partial charge in [-0.2, -0.15) is 0 Å². The third-order valence-corrected chi connectivity index (χ3v) is 4.55. The predicted molar refractivity (Wildman–Crippen MR) is 148 cm³/mol. The molecule has 0 saturated heterocycles. The number of amides is 1. The Hall–Kier alpha value is -1.24. The molecule has 13 heteroatoms. The van der Waals surface area contributed by atoms with Crippen LogP contribution in [0.15, 0.2) is 0 Å². The van der Waals surface area contributed by atoms with Crippen molar-refractivity contribution in [2.24, 2.45) is 5.73 Å². The van der Waals surface area contributed by atoms with E-state index in [1.807, 2.05) is 11.8 Å². The Morgan fingerprint density at radius 2 is 1.38 bits per heavy atom. The summed E-state index contributed by atoms with van der Waals surface area (Å²) in [6.45, 7) is 2.17. The van der Waals surface area contributed by atoms with E-state index in [9.17, 15) is 28.7 Å². The zero-order valence-electron chi connectivity index (χ0n) is 23.3. The van der Waals surface area contributed by atoms with Crippen molar-refractivity contribution in [2.45, 2.75) is 84.2 Å². The van der Waals surface area contributed by atoms with E-state index in [2.05, 4.69) is 46.8 Å². The van der Waals surface area contributed by atoms with Crippen molar-refractivity contribution in [3.8, 4) is 47.9 Å². The van der Waals surface area contributed by atoms with E-state index >= 15 is 0 Å². The first kappa shape index (κ1) is 44.8. The van der Waals surface area contributed by atoms with Crippen LogP contribution in [0, 0.1) is 47.9 Å². The van der Waals surface area contributed by atoms with Crippen LogP contribution in [0.5, 0.6) is 0 Å². The van der Waals surface area contributed by atoms with Crippen LogP contribution in [-0.2, 0) is 32.9 Å². The fourth-order valence-electron chi connectivity index (χ4n) is 2.53. The molecule has 2 N–H and O–H groups in total. The average molecular weight is 596 g/mol. The third kappa shape index (κ3) is 41.4. The number of phosphoric acid groups is 1. The summed E-state index contributed by atoms with van der Waals surface area (Å²) in [7, 11) is -5.29. The number of hydrogen-bond acceptors (Lipinski definition) is 9. The number of terminal acetylenes is 1. The van der Waals surface area contributed by atoms with Gasteiger partial charge in [0.2, 0.25) is 5.91 Å². The van der Waals surface area contributed by atoms with Crippen molar-refractivity contribution < 1.29 is 112 Å². The Bertz CT molecular complexity index is 997. The fourth-order valence-corrected chi connectivity index (χ4v) is 2.88. The first-order valence-electron chi connectivity index (χ1n) is 11.8. The molecule has 0 aliphatic heterocycles. The van der Waals surface area contributed by atoms with Gasteiger partial charge < -0.3 is 34.1 Å². The molecule has 10 nitrogen and oxygen atoms in total. The van der Waals surface area contributed by atoms with E-state index in [1.165, 1.54) is 39.0 Å². The van der Waals surface area contributed by atoms with E-state index in [1.54, 1.807) is 0 Å². The molecule has 0 aromatic heterocycles. The Kier molecular flexibility index (Phi) is 35.9. The molecule has 0 aliphatic carbocycles. The monoisotopic (exact) mass is 595 g/mol. The minimum atomic E-state index is -5.29. The second-order valence-electron chi connectivity index (χ2n) is 7.54. The maximum atomic E-state index is 12.0. The molecule has 0 unspecified atom stereocenters. The summed E-state index contributed by atoms with van der Waals surface area (Å²) in [4.78, 5) is 54.2. The minimum Gasteiger partial charge on any atom is -0.790 e. The van der Waals surface area contributed by atoms with Crippen LogP contribution in [-0.4, -0.2) is 37.2 Å². The van der Waals surface area contributed by atoms with E-state index in [0.29, 0.717) is 6.42 Å². The molecular formula is C26H48NNa2O9P. The summed E-state index contributed by atoms with van der Waals surface area (Å²) >= 11 is 0. The normalized spacial score (nSPS) is 9.72. The molecule has 0 aromatic rings. The maximum Gasteiger partial charge on any atom is 1.00 e. The van der Waals surface area contributed by atoms with E-state index in [0.717, 1.165) is 19.3 Å². The van der Waals surface area contributed by atoms with Gasteiger partial charge >= 0.3 is 71.1 Å². The standard InChI is InChI=1S/C24H31O8P.C2H5NO.2Na.7H2/c1-3-5-7-9-11-12-13-15-17-19-24(26)32-22(21-31-33(27,28)29)20-30-23(25)18-16-14-10-8-6-4-2;1-2(3)4;;;;;;;;;/h2,22H,3,5,7,9,11-13,15,17,19-21H2,1H3,(H2,27,28,29);1H3,(H2,3,4);;;7*1H/q;;2*+1;;;;;;;/p-2/t22-;;;;;;;;;;/m1........../s1. The smallest absolute Gasteiger partial charge is 0.790 e. The molecule has 0 rings (SSSR count). The van der Waals surface area contributed by atoms with Crippen LogP contribution >= 0.6 is 7.82 Å². The largest absolute Gasteiger partial charge is 1.00 e. The number of hydrogen-bond donors (Lipinski definition) is 1. The molecular weight excluding hydrogens is 547 g/mol. The Labute approximate surface area is 286 Å². The molecule has 0 heterocycles. The Morgan fingerprint density at radius 3 is 1.90 bits per heavy atom. The van der Waals surface area contributed by atoms with Crippen LogP contribution in [0.2, 0.25) is 0 Å². The topological polar surface area (TPSA) is 168 Å². The van der Waals surface area contributed by atoms with Crippen LogP contribution in [0.1, 0.15) is 88.0 Å². The molecule has 0 radical (unpaired) electrons. The van der Waals surface area contributed by atoms with Gasteiger partial charge in [-0.3, -0.25) is 9.59 Å². The SMILES string of the molecule is C#CC#CC#CC#CC(=O)OC[C@H](COP(=O)([O-])[O-])OC(=O)CCCCCCCCCCC.CC(N)=O.[HH].[HH].[HH].[HH].[HH].[HH].[HH].[Na+].[Na+]. The van der Waals surface area contributed by atoms with Crippen molar-refractivity contribution in [3.05, 3.63) is 0 Å². The minimum absolute atomic E-state index is 0. The van der Waals surface area contributed by atoms with Gasteiger partial charge in [0.25, 0.3) is 0 Å². The molecule has 0 saturated carbocycles. The van der Waals surface area contributed by atoms with Crippen molar-refractivity contribution in [2.75, 3.05) is 13.2 Å². The second-order valence-corrected chi connectivity index (χ2v) is 8.69. The van der Waals surface area contributed by atoms with Gasteiger partial charge in [0.05, 0.1) is 14.4 Å². The number of nitrogens with two attached hydrogens (primary N) is 1. The molecule has 0 fully saturated rings. The number of phosphoric ester groups is 1. The van der Waals surface area contributed by atoms with Crippen LogP contribution in [0.4, 0.5) is 0 Å². The van der Waals surface area contributed by atoms with Crippen molar-refractivity contribution in [3.63, 3.8) is 0 Å². The molecule has 1 atom stereocenters. The zero-order chi connectivity index (χ0) is 28.4. The Balaban J connectivity index is -0.0000000985. The Morgan fingerprint density at radius 1 is 0.897 bits per heavy atom. The van der Waals surface area contributed by atoms with Gasteiger partial charge in [-0.1, -0.05) is 58.3 Å². The molecule has 1 amide bonds. The summed E-state index contributed by atoms with van der Waals surface area (Å²) in [5.41, 5.74) is 4.47. The number of primary amides is 1. The molecule has 0 aromatic carbocycles. The van der Waals surface area contributed by atoms with Crippen LogP contribution < -0.4 is 74.6 Å². The maximum absolute atomic E-state index is 12.0. The van der Waals surface area contributed by atoms with E-state index < -0.39 is 39.1 Å². The number of unbranched alkanes of at least 4 members (excludes halogenated alkanes) is 8. The summed E-state index contributed by atoms with van der Waals surface area (Å²) in [5, 5.41) is 0. The average Bonchev–Trinajstić information content (AvgIpc) is 2.81. The number of ether oxygens (including phenoxy) is 2. The summed E-state index contributed by atoms with van der Waals surface area (Å²) in [6, 6.07) is 0. The molecule has 218 valence electrons. The number of rotatable bonds is 16. The first-order chi connectivity index (χ1) is 17.5. The number of carbonyl (C=O) groups excluding carboxylic acids is 3. The van der Waals surface area contributed by atoms with Gasteiger partial charge in [0.15, 0.2) is 6.10 Å². The van der Waals surface area contributed by atoms with Crippen LogP contribution in [0.25, 0.3) is 0 Å². The van der Waals surface area contributed by atoms with Crippen molar-refractivity contribution in [1.29, 1.82) is 0 Å². The molecule has 39 heavy (non-hydrogen) atoms. The van der Waals surface area contributed by atoms with E-state index in [-0.39, 0.29) is 81.4 Å². The third-order valence-electron chi connectivity index (χ3n) is 4.09. The number of esters is 2. The molecule has 0 aliphatic rings. The summed E-state index contributed by atoms with van der Waals surface area (Å²) in [5.74, 6) is 13.4. The fraction of sp³-hybridized carbons (Fsp3) is 0.577. The summed E-state index contributed by atoms with van der Waals surface area (Å²) < 4.78 is 24.7. The van der Waals surface area contributed by atoms with Crippen molar-refractivity contribution in [1.82, 2.24) is 0 Å². The van der Waals surface area contributed by atoms with Crippen molar-refractivity contribution >= 4 is 25.7 Å². The van der Waals surface area contributed by atoms with Gasteiger partial charge in [-0.15, -0.1) is 6.42 Å². The van der Waals surface area contributed by atoms with Gasteiger partial charge in [0.1, 0.15) is 6.61 Å². The predicted octanol–water partition coefficient (Wildman–Crippen LogP) is -2.93. The first-order valence-corrected chi connectivity index (χ1v) is 13.2. The van der Waals surface area contributed by atoms with Gasteiger partial charge in [-0.05, 0) is 41.9 Å². The molecule has 0 spiro atoms.